The van der Waals surface area contributed by atoms with Crippen LogP contribution in [0.2, 0.25) is 0 Å². The molecular weight excluding hydrogens is 258 g/mol. The molecule has 0 aliphatic carbocycles. The maximum absolute atomic E-state index is 12.3. The fourth-order valence-corrected chi connectivity index (χ4v) is 2.34. The van der Waals surface area contributed by atoms with Crippen LogP contribution in [0.4, 0.5) is 0 Å². The molecule has 0 aliphatic rings. The third-order valence-electron chi connectivity index (χ3n) is 3.55. The van der Waals surface area contributed by atoms with Gasteiger partial charge in [-0.1, -0.05) is 13.3 Å². The molecular formula is C13H21N5O2. The number of nitrogens with two attached hydrogens (primary N) is 1. The van der Waals surface area contributed by atoms with Crippen LogP contribution in [0, 0.1) is 0 Å². The number of aryl methyl sites for hydroxylation is 2. The van der Waals surface area contributed by atoms with Gasteiger partial charge in [-0.3, -0.25) is 13.9 Å². The van der Waals surface area contributed by atoms with Gasteiger partial charge in [-0.25, -0.2) is 9.78 Å². The molecule has 0 unspecified atom stereocenters. The van der Waals surface area contributed by atoms with Crippen molar-refractivity contribution >= 4 is 11.2 Å². The molecule has 20 heavy (non-hydrogen) atoms. The lowest BCUT2D eigenvalue weighted by Crippen LogP contribution is -2.38. The van der Waals surface area contributed by atoms with Crippen molar-refractivity contribution in [2.45, 2.75) is 32.7 Å². The van der Waals surface area contributed by atoms with Gasteiger partial charge in [-0.05, 0) is 13.0 Å². The number of hydrogen-bond donors (Lipinski definition) is 1. The predicted octanol–water partition coefficient (Wildman–Crippen LogP) is -0.265. The van der Waals surface area contributed by atoms with E-state index in [-0.39, 0.29) is 11.2 Å². The molecule has 2 N–H and O–H groups in total. The van der Waals surface area contributed by atoms with Crippen LogP contribution in [0.1, 0.15) is 25.6 Å². The van der Waals surface area contributed by atoms with E-state index in [1.165, 1.54) is 7.05 Å². The summed E-state index contributed by atoms with van der Waals surface area (Å²) in [5.74, 6) is 0.732. The summed E-state index contributed by atoms with van der Waals surface area (Å²) in [6.07, 6.45) is 2.42. The molecule has 2 aromatic rings. The fraction of sp³-hybridized carbons (Fsp3) is 0.615. The van der Waals surface area contributed by atoms with Crippen LogP contribution in [-0.2, 0) is 27.1 Å². The molecule has 0 saturated carbocycles. The average Bonchev–Trinajstić information content (AvgIpc) is 2.74. The van der Waals surface area contributed by atoms with E-state index in [0.29, 0.717) is 30.7 Å². The number of unbranched alkanes of at least 4 members (excludes halogenated alkanes) is 1. The molecule has 0 spiro atoms. The van der Waals surface area contributed by atoms with E-state index in [2.05, 4.69) is 11.9 Å². The van der Waals surface area contributed by atoms with Crippen molar-refractivity contribution in [1.29, 1.82) is 0 Å². The second-order valence-corrected chi connectivity index (χ2v) is 4.95. The predicted molar refractivity (Wildman–Crippen MR) is 77.9 cm³/mol. The molecule has 0 radical (unpaired) electrons. The molecule has 0 aromatic carbocycles. The van der Waals surface area contributed by atoms with E-state index in [1.807, 2.05) is 0 Å². The van der Waals surface area contributed by atoms with Gasteiger partial charge in [0, 0.05) is 27.1 Å². The SMILES string of the molecule is CCCCn1c(=O)n(C)c(=O)c2c1nc(CCN)n2C. The fourth-order valence-electron chi connectivity index (χ4n) is 2.34. The highest BCUT2D eigenvalue weighted by atomic mass is 16.2. The summed E-state index contributed by atoms with van der Waals surface area (Å²) in [7, 11) is 3.29. The monoisotopic (exact) mass is 279 g/mol. The third-order valence-corrected chi connectivity index (χ3v) is 3.55. The third kappa shape index (κ3) is 2.18. The van der Waals surface area contributed by atoms with Crippen LogP contribution >= 0.6 is 0 Å². The number of hydrogen-bond acceptors (Lipinski definition) is 4. The van der Waals surface area contributed by atoms with Crippen LogP contribution in [0.15, 0.2) is 9.59 Å². The molecule has 110 valence electrons. The first-order valence-corrected chi connectivity index (χ1v) is 6.88. The Morgan fingerprint density at radius 1 is 1.20 bits per heavy atom. The minimum absolute atomic E-state index is 0.309. The molecule has 0 aliphatic heterocycles. The smallest absolute Gasteiger partial charge is 0.330 e. The summed E-state index contributed by atoms with van der Waals surface area (Å²) in [6.45, 7) is 3.08. The summed E-state index contributed by atoms with van der Waals surface area (Å²) in [5.41, 5.74) is 5.88. The zero-order valence-electron chi connectivity index (χ0n) is 12.2. The molecule has 0 atom stereocenters. The number of fused-ring (bicyclic) bond motifs is 1. The van der Waals surface area contributed by atoms with Crippen molar-refractivity contribution in [3.05, 3.63) is 26.7 Å². The van der Waals surface area contributed by atoms with Crippen LogP contribution < -0.4 is 17.0 Å². The largest absolute Gasteiger partial charge is 0.332 e. The number of aromatic nitrogens is 4. The van der Waals surface area contributed by atoms with E-state index >= 15 is 0 Å². The molecule has 7 nitrogen and oxygen atoms in total. The van der Waals surface area contributed by atoms with E-state index in [1.54, 1.807) is 16.2 Å². The molecule has 0 amide bonds. The maximum atomic E-state index is 12.3. The first kappa shape index (κ1) is 14.5. The first-order chi connectivity index (χ1) is 9.52. The minimum Gasteiger partial charge on any atom is -0.330 e. The van der Waals surface area contributed by atoms with Gasteiger partial charge in [-0.15, -0.1) is 0 Å². The van der Waals surface area contributed by atoms with Gasteiger partial charge in [0.25, 0.3) is 5.56 Å². The maximum Gasteiger partial charge on any atom is 0.332 e. The molecule has 0 saturated heterocycles. The standard InChI is InChI=1S/C13H21N5O2/c1-4-5-8-18-11-10(12(19)17(3)13(18)20)16(2)9(15-11)6-7-14/h4-8,14H2,1-3H3. The molecule has 0 fully saturated rings. The molecule has 7 heteroatoms. The van der Waals surface area contributed by atoms with Crippen molar-refractivity contribution in [1.82, 2.24) is 18.7 Å². The Morgan fingerprint density at radius 2 is 1.90 bits per heavy atom. The number of imidazole rings is 1. The quantitative estimate of drug-likeness (QED) is 0.816. The van der Waals surface area contributed by atoms with Crippen molar-refractivity contribution < 1.29 is 0 Å². The number of rotatable bonds is 5. The second kappa shape index (κ2) is 5.62. The normalized spacial score (nSPS) is 11.4. The highest BCUT2D eigenvalue weighted by molar-refractivity contribution is 5.71. The lowest BCUT2D eigenvalue weighted by Gasteiger charge is -2.08. The van der Waals surface area contributed by atoms with Crippen molar-refractivity contribution in [2.24, 2.45) is 19.8 Å². The molecule has 2 heterocycles. The van der Waals surface area contributed by atoms with E-state index < -0.39 is 0 Å². The van der Waals surface area contributed by atoms with Crippen molar-refractivity contribution in [3.63, 3.8) is 0 Å². The van der Waals surface area contributed by atoms with Gasteiger partial charge < -0.3 is 10.3 Å². The van der Waals surface area contributed by atoms with Crippen molar-refractivity contribution in [2.75, 3.05) is 6.54 Å². The Morgan fingerprint density at radius 3 is 2.50 bits per heavy atom. The van der Waals surface area contributed by atoms with Crippen LogP contribution in [0.25, 0.3) is 11.2 Å². The summed E-state index contributed by atoms with van der Waals surface area (Å²) in [4.78, 5) is 29.0. The van der Waals surface area contributed by atoms with Gasteiger partial charge in [0.2, 0.25) is 0 Å². The minimum atomic E-state index is -0.312. The highest BCUT2D eigenvalue weighted by Gasteiger charge is 2.17. The van der Waals surface area contributed by atoms with Gasteiger partial charge in [0.05, 0.1) is 0 Å². The zero-order valence-corrected chi connectivity index (χ0v) is 12.2. The lowest BCUT2D eigenvalue weighted by molar-refractivity contribution is 0.583. The van der Waals surface area contributed by atoms with E-state index in [9.17, 15) is 9.59 Å². The van der Waals surface area contributed by atoms with E-state index in [0.717, 1.165) is 23.2 Å². The molecule has 2 aromatic heterocycles. The first-order valence-electron chi connectivity index (χ1n) is 6.88. The second-order valence-electron chi connectivity index (χ2n) is 4.95. The van der Waals surface area contributed by atoms with Crippen molar-refractivity contribution in [3.8, 4) is 0 Å². The Kier molecular flexibility index (Phi) is 4.08. The average molecular weight is 279 g/mol. The highest BCUT2D eigenvalue weighted by Crippen LogP contribution is 2.10. The Labute approximate surface area is 116 Å². The number of nitrogens with zero attached hydrogens (tertiary/aromatic N) is 4. The zero-order chi connectivity index (χ0) is 14.9. The topological polar surface area (TPSA) is 87.8 Å². The van der Waals surface area contributed by atoms with Crippen LogP contribution in [0.3, 0.4) is 0 Å². The Hall–Kier alpha value is -1.89. The van der Waals surface area contributed by atoms with Gasteiger partial charge in [-0.2, -0.15) is 0 Å². The van der Waals surface area contributed by atoms with Gasteiger partial charge in [0.15, 0.2) is 11.2 Å². The Balaban J connectivity index is 2.80. The van der Waals surface area contributed by atoms with Gasteiger partial charge in [0.1, 0.15) is 5.82 Å². The summed E-state index contributed by atoms with van der Waals surface area (Å²) >= 11 is 0. The van der Waals surface area contributed by atoms with Gasteiger partial charge >= 0.3 is 5.69 Å². The van der Waals surface area contributed by atoms with Crippen LogP contribution in [0.5, 0.6) is 0 Å². The molecule has 0 bridgehead atoms. The summed E-state index contributed by atoms with van der Waals surface area (Å²) in [6, 6.07) is 0. The summed E-state index contributed by atoms with van der Waals surface area (Å²) < 4.78 is 4.47. The van der Waals surface area contributed by atoms with E-state index in [4.69, 9.17) is 5.73 Å². The van der Waals surface area contributed by atoms with Crippen LogP contribution in [-0.4, -0.2) is 25.2 Å². The molecule has 2 rings (SSSR count). The Bertz CT molecular complexity index is 738. The summed E-state index contributed by atoms with van der Waals surface area (Å²) in [5, 5.41) is 0. The lowest BCUT2D eigenvalue weighted by atomic mass is 10.3.